The fourth-order valence-corrected chi connectivity index (χ4v) is 10.3. The Bertz CT molecular complexity index is 3130. The number of para-hydroxylation sites is 1. The van der Waals surface area contributed by atoms with Crippen molar-refractivity contribution in [1.29, 1.82) is 0 Å². The van der Waals surface area contributed by atoms with Gasteiger partial charge in [0.25, 0.3) is 0 Å². The maximum Gasteiger partial charge on any atom is 0.137 e. The molecule has 0 fully saturated rings. The summed E-state index contributed by atoms with van der Waals surface area (Å²) in [6.07, 6.45) is 0. The topological polar surface area (TPSA) is 16.4 Å². The van der Waals surface area contributed by atoms with Crippen molar-refractivity contribution in [3.8, 4) is 22.3 Å². The minimum absolute atomic E-state index is 0.871. The first-order valence-corrected chi connectivity index (χ1v) is 19.1. The number of hydrogen-bond donors (Lipinski definition) is 0. The fraction of sp³-hybridized carbons (Fsp3) is 0. The highest BCUT2D eigenvalue weighted by atomic mass is 32.1. The predicted molar refractivity (Wildman–Crippen MR) is 225 cm³/mol. The fourth-order valence-electron chi connectivity index (χ4n) is 7.97. The Morgan fingerprint density at radius 3 is 1.81 bits per heavy atom. The average molecular weight is 700 g/mol. The second-order valence-electron chi connectivity index (χ2n) is 13.2. The minimum Gasteiger partial charge on any atom is -0.456 e. The summed E-state index contributed by atoms with van der Waals surface area (Å²) in [5, 5.41) is 7.26. The zero-order valence-corrected chi connectivity index (χ0v) is 29.5. The van der Waals surface area contributed by atoms with Gasteiger partial charge >= 0.3 is 0 Å². The van der Waals surface area contributed by atoms with Crippen molar-refractivity contribution in [2.24, 2.45) is 0 Å². The molecular formula is C48H29NOS2. The third kappa shape index (κ3) is 4.48. The van der Waals surface area contributed by atoms with Crippen molar-refractivity contribution in [1.82, 2.24) is 0 Å². The van der Waals surface area contributed by atoms with Crippen molar-refractivity contribution in [2.45, 2.75) is 0 Å². The average Bonchev–Trinajstić information content (AvgIpc) is 3.90. The first-order chi connectivity index (χ1) is 25.8. The molecule has 0 aliphatic carbocycles. The second kappa shape index (κ2) is 11.7. The van der Waals surface area contributed by atoms with Gasteiger partial charge in [0.15, 0.2) is 0 Å². The lowest BCUT2D eigenvalue weighted by atomic mass is 9.96. The number of nitrogens with zero attached hydrogens (tertiary/aromatic N) is 1. The molecule has 11 rings (SSSR count). The van der Waals surface area contributed by atoms with E-state index < -0.39 is 0 Å². The molecule has 0 atom stereocenters. The molecule has 52 heavy (non-hydrogen) atoms. The molecule has 3 aromatic heterocycles. The molecule has 0 saturated carbocycles. The van der Waals surface area contributed by atoms with E-state index in [1.807, 2.05) is 22.7 Å². The van der Waals surface area contributed by atoms with E-state index in [9.17, 15) is 0 Å². The lowest BCUT2D eigenvalue weighted by molar-refractivity contribution is 0.669. The summed E-state index contributed by atoms with van der Waals surface area (Å²) in [6, 6.07) is 63.7. The van der Waals surface area contributed by atoms with Crippen LogP contribution >= 0.6 is 22.7 Å². The van der Waals surface area contributed by atoms with Crippen LogP contribution in [0, 0.1) is 0 Å². The third-order valence-corrected chi connectivity index (χ3v) is 12.6. The van der Waals surface area contributed by atoms with Crippen LogP contribution in [-0.4, -0.2) is 0 Å². The van der Waals surface area contributed by atoms with E-state index >= 15 is 0 Å². The van der Waals surface area contributed by atoms with E-state index in [-0.39, 0.29) is 0 Å². The summed E-state index contributed by atoms with van der Waals surface area (Å²) < 4.78 is 11.8. The van der Waals surface area contributed by atoms with Gasteiger partial charge in [-0.25, -0.2) is 0 Å². The molecule has 0 saturated heterocycles. The molecule has 8 aromatic carbocycles. The summed E-state index contributed by atoms with van der Waals surface area (Å²) in [6.45, 7) is 0. The molecule has 0 spiro atoms. The normalized spacial score (nSPS) is 11.8. The van der Waals surface area contributed by atoms with Gasteiger partial charge in [-0.15, -0.1) is 22.7 Å². The van der Waals surface area contributed by atoms with Gasteiger partial charge in [0.05, 0.1) is 16.8 Å². The van der Waals surface area contributed by atoms with Gasteiger partial charge in [0, 0.05) is 57.0 Å². The second-order valence-corrected chi connectivity index (χ2v) is 15.3. The quantitative estimate of drug-likeness (QED) is 0.178. The van der Waals surface area contributed by atoms with Crippen molar-refractivity contribution in [3.63, 3.8) is 0 Å². The van der Waals surface area contributed by atoms with Crippen LogP contribution in [0.1, 0.15) is 0 Å². The van der Waals surface area contributed by atoms with Gasteiger partial charge in [-0.2, -0.15) is 0 Å². The molecule has 4 heteroatoms. The van der Waals surface area contributed by atoms with Crippen LogP contribution in [-0.2, 0) is 0 Å². The van der Waals surface area contributed by atoms with E-state index in [4.69, 9.17) is 4.42 Å². The zero-order chi connectivity index (χ0) is 34.2. The van der Waals surface area contributed by atoms with E-state index in [2.05, 4.69) is 181 Å². The number of hydrogen-bond acceptors (Lipinski definition) is 4. The molecule has 2 nitrogen and oxygen atoms in total. The highest BCUT2D eigenvalue weighted by molar-refractivity contribution is 7.26. The van der Waals surface area contributed by atoms with Gasteiger partial charge in [-0.05, 0) is 71.3 Å². The summed E-state index contributed by atoms with van der Waals surface area (Å²) in [4.78, 5) is 2.52. The van der Waals surface area contributed by atoms with E-state index in [0.29, 0.717) is 0 Å². The Morgan fingerprint density at radius 2 is 1.02 bits per heavy atom. The molecular weight excluding hydrogens is 671 g/mol. The molecule has 0 unspecified atom stereocenters. The van der Waals surface area contributed by atoms with Crippen LogP contribution in [0.25, 0.3) is 84.5 Å². The van der Waals surface area contributed by atoms with Crippen LogP contribution in [0.3, 0.4) is 0 Å². The van der Waals surface area contributed by atoms with Crippen molar-refractivity contribution in [3.05, 3.63) is 176 Å². The Morgan fingerprint density at radius 1 is 0.404 bits per heavy atom. The first kappa shape index (κ1) is 29.5. The van der Waals surface area contributed by atoms with Gasteiger partial charge < -0.3 is 9.32 Å². The van der Waals surface area contributed by atoms with Gasteiger partial charge in [0.1, 0.15) is 11.2 Å². The van der Waals surface area contributed by atoms with E-state index in [1.165, 1.54) is 51.5 Å². The zero-order valence-electron chi connectivity index (χ0n) is 27.9. The molecule has 0 bridgehead atoms. The van der Waals surface area contributed by atoms with E-state index in [0.717, 1.165) is 50.1 Å². The largest absolute Gasteiger partial charge is 0.456 e. The third-order valence-electron chi connectivity index (χ3n) is 10.3. The molecule has 0 aliphatic rings. The molecule has 3 heterocycles. The maximum atomic E-state index is 6.62. The smallest absolute Gasteiger partial charge is 0.137 e. The van der Waals surface area contributed by atoms with E-state index in [1.54, 1.807) is 0 Å². The molecule has 0 aliphatic heterocycles. The molecule has 244 valence electrons. The summed E-state index contributed by atoms with van der Waals surface area (Å²) in [7, 11) is 0. The summed E-state index contributed by atoms with van der Waals surface area (Å²) >= 11 is 3.73. The van der Waals surface area contributed by atoms with Gasteiger partial charge in [-0.1, -0.05) is 121 Å². The number of rotatable bonds is 5. The van der Waals surface area contributed by atoms with Crippen LogP contribution < -0.4 is 4.90 Å². The number of fused-ring (bicyclic) bond motifs is 9. The monoisotopic (exact) mass is 699 g/mol. The standard InChI is InChI=1S/C48H29NOS2/c1-3-13-30(14-4-1)33-25-27-41-46(36-18-7-10-20-40(36)50-41)47(33)49(32-23-28-44-38(29-32)35-17-8-11-21-42(35)51-44)39-26-24-34(31-15-5-2-6-16-31)48-45(39)37-19-9-12-22-43(37)52-48/h1-29H. The van der Waals surface area contributed by atoms with Crippen LogP contribution in [0.15, 0.2) is 180 Å². The van der Waals surface area contributed by atoms with Crippen molar-refractivity contribution >= 4 is 102 Å². The number of thiophene rings is 2. The van der Waals surface area contributed by atoms with Gasteiger partial charge in [-0.3, -0.25) is 0 Å². The van der Waals surface area contributed by atoms with Crippen LogP contribution in [0.4, 0.5) is 17.1 Å². The molecule has 0 N–H and O–H groups in total. The molecule has 0 radical (unpaired) electrons. The Kier molecular flexibility index (Phi) is 6.63. The predicted octanol–water partition coefficient (Wildman–Crippen LogP) is 15.1. The van der Waals surface area contributed by atoms with Crippen LogP contribution in [0.2, 0.25) is 0 Å². The summed E-state index contributed by atoms with van der Waals surface area (Å²) in [5.74, 6) is 0. The first-order valence-electron chi connectivity index (χ1n) is 17.5. The Balaban J connectivity index is 1.33. The summed E-state index contributed by atoms with van der Waals surface area (Å²) in [5.41, 5.74) is 9.88. The maximum absolute atomic E-state index is 6.62. The Labute approximate surface area is 308 Å². The van der Waals surface area contributed by atoms with Crippen molar-refractivity contribution in [2.75, 3.05) is 4.90 Å². The van der Waals surface area contributed by atoms with Gasteiger partial charge in [0.2, 0.25) is 0 Å². The molecule has 0 amide bonds. The lowest BCUT2D eigenvalue weighted by Crippen LogP contribution is -2.12. The van der Waals surface area contributed by atoms with Crippen molar-refractivity contribution < 1.29 is 4.42 Å². The Hall–Kier alpha value is -6.20. The SMILES string of the molecule is c1ccc(-c2ccc3oc4ccccc4c3c2N(c2ccc3sc4ccccc4c3c2)c2ccc(-c3ccccc3)c3sc4ccccc4c23)cc1. The highest BCUT2D eigenvalue weighted by Gasteiger charge is 2.27. The van der Waals surface area contributed by atoms with Crippen LogP contribution in [0.5, 0.6) is 0 Å². The number of anilines is 3. The lowest BCUT2D eigenvalue weighted by Gasteiger charge is -2.30. The number of furan rings is 1. The highest BCUT2D eigenvalue weighted by Crippen LogP contribution is 2.53. The molecule has 11 aromatic rings. The number of benzene rings is 8. The minimum atomic E-state index is 0.871.